The molecule has 0 saturated heterocycles. The third kappa shape index (κ3) is 5.92. The van der Waals surface area contributed by atoms with Crippen molar-refractivity contribution in [2.75, 3.05) is 0 Å². The molecule has 0 bridgehead atoms. The molecule has 1 aliphatic carbocycles. The van der Waals surface area contributed by atoms with E-state index in [4.69, 9.17) is 0 Å². The van der Waals surface area contributed by atoms with Crippen LogP contribution in [-0.2, 0) is 0 Å². The van der Waals surface area contributed by atoms with Crippen LogP contribution in [0.2, 0.25) is 0 Å². The predicted molar refractivity (Wildman–Crippen MR) is 73.7 cm³/mol. The molecule has 16 heavy (non-hydrogen) atoms. The fraction of sp³-hybridized carbons (Fsp3) is 1.00. The summed E-state index contributed by atoms with van der Waals surface area (Å²) in [5.74, 6) is 0. The van der Waals surface area contributed by atoms with E-state index in [2.05, 4.69) is 27.7 Å². The maximum Gasteiger partial charge on any atom is -0.0349 e. The highest BCUT2D eigenvalue weighted by Crippen LogP contribution is 2.40. The lowest BCUT2D eigenvalue weighted by atomic mass is 9.70. The molecule has 0 spiro atoms. The maximum absolute atomic E-state index is 2.47. The minimum Gasteiger partial charge on any atom is -0.0599 e. The van der Waals surface area contributed by atoms with Crippen molar-refractivity contribution in [1.29, 1.82) is 0 Å². The van der Waals surface area contributed by atoms with Crippen LogP contribution in [0.15, 0.2) is 0 Å². The van der Waals surface area contributed by atoms with Crippen molar-refractivity contribution in [3.8, 4) is 0 Å². The fourth-order valence-electron chi connectivity index (χ4n) is 3.56. The largest absolute Gasteiger partial charge is 0.0599 e. The topological polar surface area (TPSA) is 0 Å². The molecule has 1 aliphatic rings. The van der Waals surface area contributed by atoms with E-state index in [0.29, 0.717) is 10.8 Å². The molecule has 0 unspecified atom stereocenters. The van der Waals surface area contributed by atoms with E-state index in [-0.39, 0.29) is 0 Å². The first kappa shape index (κ1) is 14.1. The highest BCUT2D eigenvalue weighted by Gasteiger charge is 2.28. The Morgan fingerprint density at radius 1 is 0.500 bits per heavy atom. The lowest BCUT2D eigenvalue weighted by Crippen LogP contribution is -2.23. The Morgan fingerprint density at radius 2 is 0.812 bits per heavy atom. The minimum atomic E-state index is 0.558. The van der Waals surface area contributed by atoms with Gasteiger partial charge in [0, 0.05) is 0 Å². The van der Waals surface area contributed by atoms with Gasteiger partial charge in [0.05, 0.1) is 0 Å². The molecule has 0 atom stereocenters. The molecule has 0 N–H and O–H groups in total. The average molecular weight is 224 g/mol. The van der Waals surface area contributed by atoms with Crippen LogP contribution in [0.25, 0.3) is 0 Å². The van der Waals surface area contributed by atoms with Crippen molar-refractivity contribution in [3.05, 3.63) is 0 Å². The summed E-state index contributed by atoms with van der Waals surface area (Å²) in [6.45, 7) is 9.89. The van der Waals surface area contributed by atoms with Crippen LogP contribution in [0.4, 0.5) is 0 Å². The summed E-state index contributed by atoms with van der Waals surface area (Å²) in [6.07, 6.45) is 14.5. The molecule has 1 fully saturated rings. The van der Waals surface area contributed by atoms with Gasteiger partial charge in [0.2, 0.25) is 0 Å². The van der Waals surface area contributed by atoms with Gasteiger partial charge in [0.15, 0.2) is 0 Å². The molecule has 0 radical (unpaired) electrons. The van der Waals surface area contributed by atoms with E-state index in [0.717, 1.165) is 0 Å². The van der Waals surface area contributed by atoms with E-state index in [1.54, 1.807) is 0 Å². The molecule has 0 aromatic rings. The molecule has 96 valence electrons. The summed E-state index contributed by atoms with van der Waals surface area (Å²) in [7, 11) is 0. The summed E-state index contributed by atoms with van der Waals surface area (Å²) in [6, 6.07) is 0. The Balaban J connectivity index is 2.50. The second kappa shape index (κ2) is 6.07. The fourth-order valence-corrected chi connectivity index (χ4v) is 3.56. The zero-order chi connectivity index (χ0) is 12.1. The van der Waals surface area contributed by atoms with Crippen LogP contribution < -0.4 is 0 Å². The molecule has 0 heteroatoms. The van der Waals surface area contributed by atoms with E-state index in [9.17, 15) is 0 Å². The van der Waals surface area contributed by atoms with Crippen molar-refractivity contribution in [1.82, 2.24) is 0 Å². The molecule has 0 heterocycles. The van der Waals surface area contributed by atoms with Crippen molar-refractivity contribution < 1.29 is 0 Å². The molecular formula is C16H32. The van der Waals surface area contributed by atoms with E-state index in [1.165, 1.54) is 64.2 Å². The summed E-state index contributed by atoms with van der Waals surface area (Å²) in [4.78, 5) is 0. The second-order valence-electron chi connectivity index (χ2n) is 7.48. The van der Waals surface area contributed by atoms with Crippen LogP contribution in [0.5, 0.6) is 0 Å². The van der Waals surface area contributed by atoms with Gasteiger partial charge in [-0.15, -0.1) is 0 Å². The minimum absolute atomic E-state index is 0.558. The van der Waals surface area contributed by atoms with Gasteiger partial charge < -0.3 is 0 Å². The van der Waals surface area contributed by atoms with E-state index >= 15 is 0 Å². The summed E-state index contributed by atoms with van der Waals surface area (Å²) in [5, 5.41) is 0. The molecule has 0 aromatic carbocycles. The van der Waals surface area contributed by atoms with Gasteiger partial charge >= 0.3 is 0 Å². The Labute approximate surface area is 103 Å². The Morgan fingerprint density at radius 3 is 1.19 bits per heavy atom. The molecule has 1 saturated carbocycles. The Bertz CT molecular complexity index is 168. The standard InChI is InChI=1S/C16H32/c1-15(2)12-10-8-6-5-7-9-11-13-16(3,4)14-15/h5-14H2,1-4H3. The Hall–Kier alpha value is 0. The van der Waals surface area contributed by atoms with Crippen LogP contribution in [0.3, 0.4) is 0 Å². The first-order valence-electron chi connectivity index (χ1n) is 7.41. The molecular weight excluding hydrogens is 192 g/mol. The normalized spacial score (nSPS) is 27.8. The van der Waals surface area contributed by atoms with E-state index < -0.39 is 0 Å². The van der Waals surface area contributed by atoms with Crippen molar-refractivity contribution in [3.63, 3.8) is 0 Å². The van der Waals surface area contributed by atoms with Crippen LogP contribution in [-0.4, -0.2) is 0 Å². The molecule has 0 aromatic heterocycles. The lowest BCUT2D eigenvalue weighted by molar-refractivity contribution is 0.162. The summed E-state index contributed by atoms with van der Waals surface area (Å²) < 4.78 is 0. The van der Waals surface area contributed by atoms with Crippen LogP contribution in [0, 0.1) is 10.8 Å². The quantitative estimate of drug-likeness (QED) is 0.476. The first-order chi connectivity index (χ1) is 7.41. The maximum atomic E-state index is 2.47. The van der Waals surface area contributed by atoms with Gasteiger partial charge in [-0.3, -0.25) is 0 Å². The molecule has 0 nitrogen and oxygen atoms in total. The third-order valence-corrected chi connectivity index (χ3v) is 4.16. The van der Waals surface area contributed by atoms with E-state index in [1.807, 2.05) is 0 Å². The highest BCUT2D eigenvalue weighted by molar-refractivity contribution is 4.79. The smallest absolute Gasteiger partial charge is 0.0349 e. The zero-order valence-corrected chi connectivity index (χ0v) is 12.1. The van der Waals surface area contributed by atoms with Crippen molar-refractivity contribution in [2.45, 2.75) is 91.9 Å². The summed E-state index contributed by atoms with van der Waals surface area (Å²) in [5.41, 5.74) is 1.12. The van der Waals surface area contributed by atoms with Gasteiger partial charge in [-0.2, -0.15) is 0 Å². The molecule has 0 amide bonds. The monoisotopic (exact) mass is 224 g/mol. The van der Waals surface area contributed by atoms with Gasteiger partial charge in [-0.1, -0.05) is 72.6 Å². The van der Waals surface area contributed by atoms with Gasteiger partial charge in [-0.25, -0.2) is 0 Å². The van der Waals surface area contributed by atoms with Gasteiger partial charge in [0.25, 0.3) is 0 Å². The highest BCUT2D eigenvalue weighted by atomic mass is 14.3. The zero-order valence-electron chi connectivity index (χ0n) is 12.1. The average Bonchev–Trinajstić information content (AvgIpc) is 2.11. The SMILES string of the molecule is CC1(C)CCCCCCCCCC(C)(C)C1. The number of hydrogen-bond acceptors (Lipinski definition) is 0. The lowest BCUT2D eigenvalue weighted by Gasteiger charge is -2.35. The van der Waals surface area contributed by atoms with Crippen molar-refractivity contribution >= 4 is 0 Å². The van der Waals surface area contributed by atoms with Crippen LogP contribution in [0.1, 0.15) is 91.9 Å². The van der Waals surface area contributed by atoms with Gasteiger partial charge in [0.1, 0.15) is 0 Å². The first-order valence-corrected chi connectivity index (χ1v) is 7.41. The van der Waals surface area contributed by atoms with Crippen LogP contribution >= 0.6 is 0 Å². The van der Waals surface area contributed by atoms with Crippen molar-refractivity contribution in [2.24, 2.45) is 10.8 Å². The summed E-state index contributed by atoms with van der Waals surface area (Å²) >= 11 is 0. The molecule has 1 rings (SSSR count). The third-order valence-electron chi connectivity index (χ3n) is 4.16. The Kier molecular flexibility index (Phi) is 5.34. The number of hydrogen-bond donors (Lipinski definition) is 0. The van der Waals surface area contributed by atoms with Gasteiger partial charge in [-0.05, 0) is 30.1 Å². The predicted octanol–water partition coefficient (Wildman–Crippen LogP) is 5.95. The second-order valence-corrected chi connectivity index (χ2v) is 7.48. The molecule has 0 aliphatic heterocycles. The number of rotatable bonds is 0.